The Hall–Kier alpha value is -0.570. The first-order valence-electron chi connectivity index (χ1n) is 4.04. The normalized spacial score (nSPS) is 11.8. The van der Waals surface area contributed by atoms with Crippen LogP contribution in [0.4, 0.5) is 8.78 Å². The van der Waals surface area contributed by atoms with E-state index >= 15 is 0 Å². The zero-order valence-electron chi connectivity index (χ0n) is 7.64. The minimum Gasteiger partial charge on any atom is -0.204 e. The van der Waals surface area contributed by atoms with Crippen molar-refractivity contribution in [2.45, 2.75) is 19.3 Å². The highest BCUT2D eigenvalue weighted by atomic mass is 32.1. The van der Waals surface area contributed by atoms with Gasteiger partial charge in [-0.15, -0.1) is 0 Å². The van der Waals surface area contributed by atoms with Crippen molar-refractivity contribution >= 4 is 12.6 Å². The molecule has 0 aliphatic rings. The van der Waals surface area contributed by atoms with Crippen LogP contribution in [0.5, 0.6) is 0 Å². The fraction of sp³-hybridized carbons (Fsp3) is 0.400. The van der Waals surface area contributed by atoms with Gasteiger partial charge in [0.25, 0.3) is 0 Å². The van der Waals surface area contributed by atoms with E-state index in [-0.39, 0.29) is 0 Å². The van der Waals surface area contributed by atoms with Crippen molar-refractivity contribution in [2.75, 3.05) is 5.75 Å². The van der Waals surface area contributed by atoms with E-state index in [1.165, 1.54) is 6.07 Å². The highest BCUT2D eigenvalue weighted by Gasteiger charge is 2.23. The van der Waals surface area contributed by atoms with Gasteiger partial charge in [0.2, 0.25) is 0 Å². The monoisotopic (exact) mass is 202 g/mol. The molecule has 1 aromatic carbocycles. The second kappa shape index (κ2) is 3.66. The van der Waals surface area contributed by atoms with Crippen LogP contribution in [0.15, 0.2) is 18.2 Å². The van der Waals surface area contributed by atoms with Gasteiger partial charge in [0.1, 0.15) is 0 Å². The molecular weight excluding hydrogens is 190 g/mol. The van der Waals surface area contributed by atoms with Crippen LogP contribution in [-0.2, 0) is 5.41 Å². The first kappa shape index (κ1) is 10.5. The predicted molar refractivity (Wildman–Crippen MR) is 53.2 cm³/mol. The van der Waals surface area contributed by atoms with Crippen molar-refractivity contribution in [2.24, 2.45) is 0 Å². The Balaban J connectivity index is 3.22. The van der Waals surface area contributed by atoms with Crippen LogP contribution in [0.3, 0.4) is 0 Å². The molecule has 13 heavy (non-hydrogen) atoms. The Morgan fingerprint density at radius 1 is 1.31 bits per heavy atom. The lowest BCUT2D eigenvalue weighted by atomic mass is 9.86. The summed E-state index contributed by atoms with van der Waals surface area (Å²) < 4.78 is 26.1. The highest BCUT2D eigenvalue weighted by molar-refractivity contribution is 7.80. The molecule has 0 nitrogen and oxygen atoms in total. The number of hydrogen-bond acceptors (Lipinski definition) is 1. The predicted octanol–water partition coefficient (Wildman–Crippen LogP) is 3.17. The van der Waals surface area contributed by atoms with Gasteiger partial charge >= 0.3 is 0 Å². The summed E-state index contributed by atoms with van der Waals surface area (Å²) in [7, 11) is 0. The molecule has 1 rings (SSSR count). The molecule has 0 spiro atoms. The van der Waals surface area contributed by atoms with Crippen LogP contribution >= 0.6 is 12.6 Å². The maximum absolute atomic E-state index is 13.3. The zero-order chi connectivity index (χ0) is 10.1. The minimum atomic E-state index is -0.799. The molecule has 0 fully saturated rings. The standard InChI is InChI=1S/C10H12F2S/c1-10(2,6-13)7-4-3-5-8(11)9(7)12/h3-5,13H,6H2,1-2H3. The highest BCUT2D eigenvalue weighted by Crippen LogP contribution is 2.27. The van der Waals surface area contributed by atoms with Crippen LogP contribution in [0.1, 0.15) is 19.4 Å². The summed E-state index contributed by atoms with van der Waals surface area (Å²) in [6, 6.07) is 4.22. The Kier molecular flexibility index (Phi) is 2.96. The van der Waals surface area contributed by atoms with Crippen LogP contribution in [-0.4, -0.2) is 5.75 Å². The van der Waals surface area contributed by atoms with Gasteiger partial charge in [-0.2, -0.15) is 12.6 Å². The van der Waals surface area contributed by atoms with E-state index in [0.29, 0.717) is 11.3 Å². The molecule has 72 valence electrons. The summed E-state index contributed by atoms with van der Waals surface area (Å²) in [6.45, 7) is 3.66. The molecule has 0 radical (unpaired) electrons. The molecule has 0 heterocycles. The number of hydrogen-bond donors (Lipinski definition) is 1. The lowest BCUT2D eigenvalue weighted by Crippen LogP contribution is -2.21. The fourth-order valence-electron chi connectivity index (χ4n) is 1.11. The number of rotatable bonds is 2. The van der Waals surface area contributed by atoms with Crippen molar-refractivity contribution < 1.29 is 8.78 Å². The molecule has 0 amide bonds. The molecule has 0 aliphatic carbocycles. The Labute approximate surface area is 82.4 Å². The number of thiol groups is 1. The van der Waals surface area contributed by atoms with E-state index in [9.17, 15) is 8.78 Å². The summed E-state index contributed by atoms with van der Waals surface area (Å²) in [6.07, 6.45) is 0. The lowest BCUT2D eigenvalue weighted by molar-refractivity contribution is 0.468. The van der Waals surface area contributed by atoms with Gasteiger partial charge in [0.05, 0.1) is 0 Å². The molecule has 0 aliphatic heterocycles. The third kappa shape index (κ3) is 2.02. The van der Waals surface area contributed by atoms with E-state index in [2.05, 4.69) is 12.6 Å². The van der Waals surface area contributed by atoms with Crippen LogP contribution in [0.2, 0.25) is 0 Å². The molecule has 1 aromatic rings. The van der Waals surface area contributed by atoms with Gasteiger partial charge < -0.3 is 0 Å². The summed E-state index contributed by atoms with van der Waals surface area (Å²) >= 11 is 4.10. The van der Waals surface area contributed by atoms with Crippen molar-refractivity contribution in [1.82, 2.24) is 0 Å². The van der Waals surface area contributed by atoms with E-state index in [4.69, 9.17) is 0 Å². The average molecular weight is 202 g/mol. The van der Waals surface area contributed by atoms with Gasteiger partial charge in [0.15, 0.2) is 11.6 Å². The molecule has 0 saturated heterocycles. The summed E-state index contributed by atoms with van der Waals surface area (Å²) in [5, 5.41) is 0. The van der Waals surface area contributed by atoms with Gasteiger partial charge in [-0.05, 0) is 17.4 Å². The smallest absolute Gasteiger partial charge is 0.162 e. The van der Waals surface area contributed by atoms with Gasteiger partial charge in [-0.1, -0.05) is 26.0 Å². The largest absolute Gasteiger partial charge is 0.204 e. The number of halogens is 2. The van der Waals surface area contributed by atoms with Gasteiger partial charge in [0, 0.05) is 5.41 Å². The van der Waals surface area contributed by atoms with Crippen molar-refractivity contribution in [3.8, 4) is 0 Å². The average Bonchev–Trinajstić information content (AvgIpc) is 2.09. The van der Waals surface area contributed by atoms with Crippen molar-refractivity contribution in [3.63, 3.8) is 0 Å². The van der Waals surface area contributed by atoms with Gasteiger partial charge in [-0.3, -0.25) is 0 Å². The van der Waals surface area contributed by atoms with Gasteiger partial charge in [-0.25, -0.2) is 8.78 Å². The third-order valence-corrected chi connectivity index (χ3v) is 2.87. The third-order valence-electron chi connectivity index (χ3n) is 2.08. The van der Waals surface area contributed by atoms with Crippen molar-refractivity contribution in [3.05, 3.63) is 35.4 Å². The molecule has 0 unspecified atom stereocenters. The fourth-order valence-corrected chi connectivity index (χ4v) is 1.28. The van der Waals surface area contributed by atoms with Crippen LogP contribution in [0.25, 0.3) is 0 Å². The maximum atomic E-state index is 13.3. The molecule has 0 atom stereocenters. The molecule has 0 aromatic heterocycles. The second-order valence-corrected chi connectivity index (χ2v) is 3.96. The van der Waals surface area contributed by atoms with E-state index in [1.807, 2.05) is 13.8 Å². The Bertz CT molecular complexity index is 308. The van der Waals surface area contributed by atoms with Crippen LogP contribution < -0.4 is 0 Å². The molecule has 0 N–H and O–H groups in total. The molecule has 0 saturated carbocycles. The van der Waals surface area contributed by atoms with E-state index in [0.717, 1.165) is 6.07 Å². The first-order chi connectivity index (χ1) is 5.99. The van der Waals surface area contributed by atoms with Crippen LogP contribution in [0, 0.1) is 11.6 Å². The summed E-state index contributed by atoms with van der Waals surface area (Å²) in [5.41, 5.74) is -0.0579. The Morgan fingerprint density at radius 3 is 2.46 bits per heavy atom. The maximum Gasteiger partial charge on any atom is 0.162 e. The Morgan fingerprint density at radius 2 is 1.92 bits per heavy atom. The topological polar surface area (TPSA) is 0 Å². The summed E-state index contributed by atoms with van der Waals surface area (Å²) in [4.78, 5) is 0. The number of benzene rings is 1. The SMILES string of the molecule is CC(C)(CS)c1cccc(F)c1F. The zero-order valence-corrected chi connectivity index (χ0v) is 8.54. The van der Waals surface area contributed by atoms with Crippen molar-refractivity contribution in [1.29, 1.82) is 0 Å². The lowest BCUT2D eigenvalue weighted by Gasteiger charge is -2.23. The van der Waals surface area contributed by atoms with E-state index in [1.54, 1.807) is 6.07 Å². The molecule has 0 bridgehead atoms. The van der Waals surface area contributed by atoms with E-state index < -0.39 is 17.0 Å². The second-order valence-electron chi connectivity index (χ2n) is 3.64. The first-order valence-corrected chi connectivity index (χ1v) is 4.67. The molecular formula is C10H12F2S. The molecule has 3 heteroatoms. The quantitative estimate of drug-likeness (QED) is 0.700. The summed E-state index contributed by atoms with van der Waals surface area (Å²) in [5.74, 6) is -1.08. The minimum absolute atomic E-state index is 0.377.